The molecule has 234 valence electrons. The van der Waals surface area contributed by atoms with Gasteiger partial charge >= 0.3 is 11.9 Å². The Kier molecular flexibility index (Phi) is 14.6. The minimum absolute atomic E-state index is 0.0105. The molecule has 0 saturated carbocycles. The third kappa shape index (κ3) is 11.6. The molecule has 0 saturated heterocycles. The van der Waals surface area contributed by atoms with E-state index in [0.717, 1.165) is 24.8 Å². The number of aliphatic hydroxyl groups is 2. The average Bonchev–Trinajstić information content (AvgIpc) is 3.05. The van der Waals surface area contributed by atoms with Crippen molar-refractivity contribution < 1.29 is 29.3 Å². The van der Waals surface area contributed by atoms with Gasteiger partial charge in [0.2, 0.25) is 0 Å². The number of aryl methyl sites for hydroxylation is 3. The first-order valence-corrected chi connectivity index (χ1v) is 15.5. The number of allylic oxidation sites excluding steroid dienone is 1. The number of esters is 2. The van der Waals surface area contributed by atoms with Crippen molar-refractivity contribution in [3.8, 4) is 0 Å². The summed E-state index contributed by atoms with van der Waals surface area (Å²) in [7, 11) is 0. The van der Waals surface area contributed by atoms with E-state index in [1.165, 1.54) is 46.7 Å². The zero-order valence-corrected chi connectivity index (χ0v) is 25.9. The first kappa shape index (κ1) is 34.5. The molecule has 0 heterocycles. The van der Waals surface area contributed by atoms with Gasteiger partial charge in [-0.05, 0) is 71.6 Å². The molecule has 0 bridgehead atoms. The number of benzene rings is 3. The Balaban J connectivity index is 1.48. The van der Waals surface area contributed by atoms with Gasteiger partial charge in [-0.15, -0.1) is 0 Å². The molecule has 6 nitrogen and oxygen atoms in total. The van der Waals surface area contributed by atoms with Crippen LogP contribution in [0.1, 0.15) is 61.3 Å². The summed E-state index contributed by atoms with van der Waals surface area (Å²) in [4.78, 5) is 23.8. The molecule has 44 heavy (non-hydrogen) atoms. The van der Waals surface area contributed by atoms with Crippen LogP contribution in [0.3, 0.4) is 0 Å². The van der Waals surface area contributed by atoms with Gasteiger partial charge in [-0.3, -0.25) is 0 Å². The van der Waals surface area contributed by atoms with Crippen molar-refractivity contribution in [1.29, 1.82) is 0 Å². The largest absolute Gasteiger partial charge is 0.462 e. The minimum Gasteiger partial charge on any atom is -0.462 e. The number of carbonyl (C=O) groups excluding carboxylic acids is 2. The highest BCUT2D eigenvalue weighted by atomic mass is 16.5. The molecule has 0 aliphatic carbocycles. The van der Waals surface area contributed by atoms with E-state index in [1.54, 1.807) is 0 Å². The minimum atomic E-state index is -0.688. The normalized spacial score (nSPS) is 11.3. The van der Waals surface area contributed by atoms with Gasteiger partial charge in [0.05, 0.1) is 37.6 Å². The molecule has 0 radical (unpaired) electrons. The van der Waals surface area contributed by atoms with E-state index in [9.17, 15) is 9.59 Å². The molecule has 0 unspecified atom stereocenters. The highest BCUT2D eigenvalue weighted by Gasteiger charge is 2.17. The Hall–Kier alpha value is -4.00. The molecule has 0 aliphatic heterocycles. The molecule has 0 aromatic heterocycles. The van der Waals surface area contributed by atoms with Crippen molar-refractivity contribution >= 4 is 28.8 Å². The highest BCUT2D eigenvalue weighted by molar-refractivity contribution is 5.88. The fourth-order valence-electron chi connectivity index (χ4n) is 4.81. The maximum atomic E-state index is 11.9. The number of rotatable bonds is 19. The zero-order chi connectivity index (χ0) is 31.7. The Bertz CT molecular complexity index is 1390. The lowest BCUT2D eigenvalue weighted by Gasteiger charge is -2.17. The molecule has 0 atom stereocenters. The molecule has 3 rings (SSSR count). The number of aliphatic hydroxyl groups excluding tert-OH is 2. The monoisotopic (exact) mass is 598 g/mol. The standard InChI is InChI=1S/C38H46O6/c1-4-5-6-10-32-18-20-36-23-33(19-21-35(36)22-32)17-16-31-14-12-30(13-15-31)9-7-8-11-34(26-43-37(41)28(2)24-39)27-44-38(42)29(3)25-40/h7,9,12-15,18-23,34,39-40H,2-6,8,10-11,16-17,24-27H2,1H3/b9-7+. The predicted octanol–water partition coefficient (Wildman–Crippen LogP) is 6.95. The zero-order valence-electron chi connectivity index (χ0n) is 25.9. The molecule has 0 spiro atoms. The van der Waals surface area contributed by atoms with Crippen LogP contribution in [0.15, 0.2) is 91.0 Å². The third-order valence-corrected chi connectivity index (χ3v) is 7.63. The Morgan fingerprint density at radius 2 is 1.27 bits per heavy atom. The van der Waals surface area contributed by atoms with Crippen molar-refractivity contribution in [3.63, 3.8) is 0 Å². The van der Waals surface area contributed by atoms with Crippen LogP contribution in [0.4, 0.5) is 0 Å². The van der Waals surface area contributed by atoms with E-state index >= 15 is 0 Å². The first-order chi connectivity index (χ1) is 21.3. The number of fused-ring (bicyclic) bond motifs is 1. The fraction of sp³-hybridized carbons (Fsp3) is 0.368. The van der Waals surface area contributed by atoms with Crippen LogP contribution in [0, 0.1) is 5.92 Å². The summed E-state index contributed by atoms with van der Waals surface area (Å²) < 4.78 is 10.4. The van der Waals surface area contributed by atoms with E-state index in [2.05, 4.69) is 80.7 Å². The Labute approximate surface area is 261 Å². The van der Waals surface area contributed by atoms with Gasteiger partial charge in [0.15, 0.2) is 0 Å². The Morgan fingerprint density at radius 3 is 1.82 bits per heavy atom. The van der Waals surface area contributed by atoms with Crippen molar-refractivity contribution in [2.45, 2.75) is 58.3 Å². The summed E-state index contributed by atoms with van der Waals surface area (Å²) >= 11 is 0. The second kappa shape index (κ2) is 18.6. The second-order valence-corrected chi connectivity index (χ2v) is 11.3. The van der Waals surface area contributed by atoms with Gasteiger partial charge in [0.1, 0.15) is 0 Å². The van der Waals surface area contributed by atoms with Gasteiger partial charge in [0.25, 0.3) is 0 Å². The van der Waals surface area contributed by atoms with Gasteiger partial charge in [-0.25, -0.2) is 9.59 Å². The van der Waals surface area contributed by atoms with Crippen LogP contribution in [0.5, 0.6) is 0 Å². The number of hydrogen-bond acceptors (Lipinski definition) is 6. The molecule has 3 aromatic carbocycles. The van der Waals surface area contributed by atoms with Crippen LogP contribution in [-0.4, -0.2) is 48.6 Å². The lowest BCUT2D eigenvalue weighted by atomic mass is 9.98. The van der Waals surface area contributed by atoms with Crippen molar-refractivity contribution in [2.75, 3.05) is 26.4 Å². The summed E-state index contributed by atoms with van der Waals surface area (Å²) in [6, 6.07) is 22.2. The quantitative estimate of drug-likeness (QED) is 0.0881. The summed E-state index contributed by atoms with van der Waals surface area (Å²) in [6.07, 6.45) is 12.2. The molecule has 6 heteroatoms. The third-order valence-electron chi connectivity index (χ3n) is 7.63. The molecule has 0 aliphatic rings. The molecular formula is C38H46O6. The number of carbonyl (C=O) groups is 2. The molecular weight excluding hydrogens is 552 g/mol. The maximum absolute atomic E-state index is 11.9. The summed E-state index contributed by atoms with van der Waals surface area (Å²) in [5, 5.41) is 20.8. The lowest BCUT2D eigenvalue weighted by molar-refractivity contribution is -0.144. The number of ether oxygens (including phenoxy) is 2. The molecule has 2 N–H and O–H groups in total. The van der Waals surface area contributed by atoms with E-state index in [0.29, 0.717) is 12.8 Å². The van der Waals surface area contributed by atoms with Crippen molar-refractivity contribution in [3.05, 3.63) is 113 Å². The summed E-state index contributed by atoms with van der Waals surface area (Å²) in [6.45, 7) is 8.22. The van der Waals surface area contributed by atoms with Crippen molar-refractivity contribution in [1.82, 2.24) is 0 Å². The van der Waals surface area contributed by atoms with Crippen LogP contribution >= 0.6 is 0 Å². The van der Waals surface area contributed by atoms with Crippen molar-refractivity contribution in [2.24, 2.45) is 5.92 Å². The van der Waals surface area contributed by atoms with Gasteiger partial charge in [-0.1, -0.05) is 106 Å². The fourth-order valence-corrected chi connectivity index (χ4v) is 4.81. The summed E-state index contributed by atoms with van der Waals surface area (Å²) in [5.74, 6) is -1.64. The van der Waals surface area contributed by atoms with E-state index in [-0.39, 0.29) is 30.3 Å². The smallest absolute Gasteiger partial charge is 0.335 e. The van der Waals surface area contributed by atoms with E-state index in [1.807, 2.05) is 12.2 Å². The summed E-state index contributed by atoms with van der Waals surface area (Å²) in [5.41, 5.74) is 5.05. The maximum Gasteiger partial charge on any atom is 0.335 e. The van der Waals surface area contributed by atoms with E-state index < -0.39 is 25.2 Å². The van der Waals surface area contributed by atoms with Crippen LogP contribution < -0.4 is 0 Å². The van der Waals surface area contributed by atoms with Gasteiger partial charge in [-0.2, -0.15) is 0 Å². The second-order valence-electron chi connectivity index (χ2n) is 11.3. The average molecular weight is 599 g/mol. The Morgan fingerprint density at radius 1 is 0.750 bits per heavy atom. The molecule has 0 amide bonds. The number of unbranched alkanes of at least 4 members (excludes halogenated alkanes) is 2. The number of hydrogen-bond donors (Lipinski definition) is 2. The van der Waals surface area contributed by atoms with Crippen LogP contribution in [-0.2, 0) is 38.3 Å². The van der Waals surface area contributed by atoms with E-state index in [4.69, 9.17) is 19.7 Å². The lowest BCUT2D eigenvalue weighted by Crippen LogP contribution is -2.22. The first-order valence-electron chi connectivity index (χ1n) is 15.5. The SMILES string of the molecule is C=C(CO)C(=O)OCC(CC/C=C/c1ccc(CCc2ccc3cc(CCCCC)ccc3c2)cc1)COC(=O)C(=C)CO. The molecule has 0 fully saturated rings. The van der Waals surface area contributed by atoms with Gasteiger partial charge < -0.3 is 19.7 Å². The van der Waals surface area contributed by atoms with Crippen LogP contribution in [0.2, 0.25) is 0 Å². The predicted molar refractivity (Wildman–Crippen MR) is 177 cm³/mol. The highest BCUT2D eigenvalue weighted by Crippen LogP contribution is 2.21. The van der Waals surface area contributed by atoms with Crippen LogP contribution in [0.25, 0.3) is 16.8 Å². The molecule has 3 aromatic rings. The topological polar surface area (TPSA) is 93.1 Å². The van der Waals surface area contributed by atoms with Gasteiger partial charge in [0, 0.05) is 5.92 Å².